The van der Waals surface area contributed by atoms with Gasteiger partial charge >= 0.3 is 6.18 Å². The number of amides is 1. The molecule has 1 amide bonds. The number of carbonyl (C=O) groups excluding carboxylic acids is 1. The van der Waals surface area contributed by atoms with Crippen molar-refractivity contribution in [3.63, 3.8) is 0 Å². The first-order valence-corrected chi connectivity index (χ1v) is 8.46. The second-order valence-electron chi connectivity index (χ2n) is 4.91. The van der Waals surface area contributed by atoms with E-state index in [2.05, 4.69) is 14.6 Å². The van der Waals surface area contributed by atoms with Crippen LogP contribution in [0.25, 0.3) is 0 Å². The first-order chi connectivity index (χ1) is 10.9. The van der Waals surface area contributed by atoms with Gasteiger partial charge in [0.2, 0.25) is 10.1 Å². The molecule has 1 saturated heterocycles. The van der Waals surface area contributed by atoms with E-state index in [4.69, 9.17) is 0 Å². The summed E-state index contributed by atoms with van der Waals surface area (Å²) in [5, 5.41) is 7.85. The van der Waals surface area contributed by atoms with Crippen LogP contribution in [0, 0.1) is 0 Å². The second-order valence-corrected chi connectivity index (χ2v) is 6.53. The predicted molar refractivity (Wildman–Crippen MR) is 79.8 cm³/mol. The molecule has 0 spiro atoms. The Balaban J connectivity index is 1.67. The minimum atomic E-state index is -4.48. The number of aromatic nitrogens is 3. The molecule has 1 fully saturated rings. The van der Waals surface area contributed by atoms with Crippen molar-refractivity contribution in [2.75, 3.05) is 31.1 Å². The normalized spacial score (nSPS) is 16.5. The van der Waals surface area contributed by atoms with Crippen LogP contribution in [0.2, 0.25) is 0 Å². The number of hydrogen-bond donors (Lipinski definition) is 0. The van der Waals surface area contributed by atoms with Gasteiger partial charge in [0.15, 0.2) is 0 Å². The standard InChI is InChI=1S/C12H12F3N5OS2/c13-12(14,15)10-16-17-11(23-10)20-4-1-3-19(5-6-20)9(21)8-2-7-22-18-8/h2,7H,1,3-6H2. The summed E-state index contributed by atoms with van der Waals surface area (Å²) in [7, 11) is 0. The zero-order valence-electron chi connectivity index (χ0n) is 11.8. The minimum Gasteiger partial charge on any atom is -0.345 e. The Morgan fingerprint density at radius 3 is 2.65 bits per heavy atom. The van der Waals surface area contributed by atoms with Crippen molar-refractivity contribution in [2.24, 2.45) is 0 Å². The van der Waals surface area contributed by atoms with Crippen LogP contribution < -0.4 is 4.90 Å². The molecule has 0 atom stereocenters. The van der Waals surface area contributed by atoms with Crippen molar-refractivity contribution in [2.45, 2.75) is 12.6 Å². The van der Waals surface area contributed by atoms with Crippen molar-refractivity contribution in [3.05, 3.63) is 22.1 Å². The van der Waals surface area contributed by atoms with E-state index in [1.807, 2.05) is 0 Å². The van der Waals surface area contributed by atoms with Gasteiger partial charge < -0.3 is 9.80 Å². The molecule has 0 saturated carbocycles. The van der Waals surface area contributed by atoms with Crippen molar-refractivity contribution in [3.8, 4) is 0 Å². The topological polar surface area (TPSA) is 62.2 Å². The summed E-state index contributed by atoms with van der Waals surface area (Å²) in [6, 6.07) is 1.66. The largest absolute Gasteiger partial charge is 0.445 e. The Kier molecular flexibility index (Phi) is 4.48. The molecule has 3 heterocycles. The number of hydrogen-bond acceptors (Lipinski definition) is 7. The number of rotatable bonds is 2. The van der Waals surface area contributed by atoms with Gasteiger partial charge in [-0.3, -0.25) is 4.79 Å². The van der Waals surface area contributed by atoms with Crippen LogP contribution in [0.15, 0.2) is 11.4 Å². The molecule has 23 heavy (non-hydrogen) atoms. The quantitative estimate of drug-likeness (QED) is 0.820. The van der Waals surface area contributed by atoms with Crippen LogP contribution >= 0.6 is 22.9 Å². The maximum absolute atomic E-state index is 12.6. The zero-order chi connectivity index (χ0) is 16.4. The van der Waals surface area contributed by atoms with E-state index in [-0.39, 0.29) is 11.0 Å². The fourth-order valence-electron chi connectivity index (χ4n) is 2.25. The number of nitrogens with zero attached hydrogens (tertiary/aromatic N) is 5. The van der Waals surface area contributed by atoms with Crippen LogP contribution in [-0.4, -0.2) is 51.6 Å². The van der Waals surface area contributed by atoms with Gasteiger partial charge in [0, 0.05) is 31.6 Å². The Morgan fingerprint density at radius 2 is 2.00 bits per heavy atom. The maximum atomic E-state index is 12.6. The maximum Gasteiger partial charge on any atom is 0.445 e. The van der Waals surface area contributed by atoms with Crippen LogP contribution in [0.5, 0.6) is 0 Å². The van der Waals surface area contributed by atoms with Gasteiger partial charge in [-0.1, -0.05) is 11.3 Å². The SMILES string of the molecule is O=C(c1ccsn1)N1CCCN(c2nnc(C(F)(F)F)s2)CC1. The summed E-state index contributed by atoms with van der Waals surface area (Å²) in [6.07, 6.45) is -3.83. The number of alkyl halides is 3. The molecule has 3 rings (SSSR count). The third-order valence-electron chi connectivity index (χ3n) is 3.37. The highest BCUT2D eigenvalue weighted by Crippen LogP contribution is 2.34. The molecule has 2 aromatic rings. The molecular weight excluding hydrogens is 351 g/mol. The van der Waals surface area contributed by atoms with Gasteiger partial charge in [-0.15, -0.1) is 10.2 Å². The fourth-order valence-corrected chi connectivity index (χ4v) is 3.52. The lowest BCUT2D eigenvalue weighted by molar-refractivity contribution is -0.138. The van der Waals surface area contributed by atoms with Crippen LogP contribution in [-0.2, 0) is 6.18 Å². The predicted octanol–water partition coefficient (Wildman–Crippen LogP) is 2.37. The Morgan fingerprint density at radius 1 is 1.17 bits per heavy atom. The zero-order valence-corrected chi connectivity index (χ0v) is 13.4. The average molecular weight is 363 g/mol. The summed E-state index contributed by atoms with van der Waals surface area (Å²) in [6.45, 7) is 1.91. The summed E-state index contributed by atoms with van der Waals surface area (Å²) >= 11 is 1.74. The molecule has 11 heteroatoms. The first-order valence-electron chi connectivity index (χ1n) is 6.80. The van der Waals surface area contributed by atoms with E-state index in [9.17, 15) is 18.0 Å². The van der Waals surface area contributed by atoms with Crippen molar-refractivity contribution in [1.29, 1.82) is 0 Å². The highest BCUT2D eigenvalue weighted by molar-refractivity contribution is 7.15. The van der Waals surface area contributed by atoms with Gasteiger partial charge in [-0.25, -0.2) is 0 Å². The smallest absolute Gasteiger partial charge is 0.345 e. The van der Waals surface area contributed by atoms with Gasteiger partial charge in [0.05, 0.1) is 0 Å². The highest BCUT2D eigenvalue weighted by Gasteiger charge is 2.36. The number of halogens is 3. The third kappa shape index (κ3) is 3.61. The molecule has 1 aliphatic rings. The number of carbonyl (C=O) groups is 1. The third-order valence-corrected chi connectivity index (χ3v) is 4.96. The summed E-state index contributed by atoms with van der Waals surface area (Å²) in [4.78, 5) is 15.7. The molecule has 124 valence electrons. The Hall–Kier alpha value is -1.75. The van der Waals surface area contributed by atoms with Gasteiger partial charge in [-0.2, -0.15) is 17.5 Å². The van der Waals surface area contributed by atoms with Gasteiger partial charge in [0.25, 0.3) is 5.91 Å². The summed E-state index contributed by atoms with van der Waals surface area (Å²) in [5.41, 5.74) is 0.402. The molecule has 0 N–H and O–H groups in total. The van der Waals surface area contributed by atoms with E-state index in [0.29, 0.717) is 49.6 Å². The van der Waals surface area contributed by atoms with Crippen LogP contribution in [0.3, 0.4) is 0 Å². The highest BCUT2D eigenvalue weighted by atomic mass is 32.1. The molecule has 0 radical (unpaired) electrons. The minimum absolute atomic E-state index is 0.152. The van der Waals surface area contributed by atoms with E-state index >= 15 is 0 Å². The lowest BCUT2D eigenvalue weighted by Crippen LogP contribution is -2.35. The lowest BCUT2D eigenvalue weighted by atomic mass is 10.3. The van der Waals surface area contributed by atoms with E-state index < -0.39 is 11.2 Å². The fraction of sp³-hybridized carbons (Fsp3) is 0.500. The first kappa shape index (κ1) is 16.1. The molecular formula is C12H12F3N5OS2. The molecule has 0 bridgehead atoms. The van der Waals surface area contributed by atoms with E-state index in [1.165, 1.54) is 11.5 Å². The Bertz CT molecular complexity index is 673. The molecule has 2 aromatic heterocycles. The average Bonchev–Trinajstić information content (AvgIpc) is 3.14. The molecule has 6 nitrogen and oxygen atoms in total. The van der Waals surface area contributed by atoms with Crippen LogP contribution in [0.4, 0.5) is 18.3 Å². The van der Waals surface area contributed by atoms with Gasteiger partial charge in [-0.05, 0) is 24.0 Å². The molecule has 1 aliphatic heterocycles. The summed E-state index contributed by atoms with van der Waals surface area (Å²) in [5.74, 6) is -0.152. The molecule has 0 aliphatic carbocycles. The van der Waals surface area contributed by atoms with Crippen molar-refractivity contribution >= 4 is 33.9 Å². The number of anilines is 1. The Labute approximate surface area is 137 Å². The van der Waals surface area contributed by atoms with Crippen molar-refractivity contribution < 1.29 is 18.0 Å². The van der Waals surface area contributed by atoms with E-state index in [1.54, 1.807) is 21.2 Å². The van der Waals surface area contributed by atoms with Crippen LogP contribution in [0.1, 0.15) is 21.9 Å². The second kappa shape index (κ2) is 6.40. The molecule has 0 unspecified atom stereocenters. The lowest BCUT2D eigenvalue weighted by Gasteiger charge is -2.20. The summed E-state index contributed by atoms with van der Waals surface area (Å²) < 4.78 is 41.8. The van der Waals surface area contributed by atoms with Gasteiger partial charge in [0.1, 0.15) is 5.69 Å². The molecule has 0 aromatic carbocycles. The monoisotopic (exact) mass is 363 g/mol. The van der Waals surface area contributed by atoms with E-state index in [0.717, 1.165) is 0 Å². The van der Waals surface area contributed by atoms with Crippen molar-refractivity contribution in [1.82, 2.24) is 19.5 Å².